The molecule has 13 nitrogen and oxygen atoms in total. The number of hydrogen-bond donors (Lipinski definition) is 3. The minimum atomic E-state index is -0.456. The maximum Gasteiger partial charge on any atom is 0.303 e. The van der Waals surface area contributed by atoms with Gasteiger partial charge in [-0.3, -0.25) is 19.4 Å². The van der Waals surface area contributed by atoms with E-state index in [-0.39, 0.29) is 18.5 Å². The van der Waals surface area contributed by atoms with Crippen molar-refractivity contribution < 1.29 is 23.8 Å². The number of anilines is 2. The van der Waals surface area contributed by atoms with Crippen molar-refractivity contribution >= 4 is 23.8 Å². The van der Waals surface area contributed by atoms with Crippen LogP contribution < -0.4 is 25.8 Å². The Morgan fingerprint density at radius 3 is 1.84 bits per heavy atom. The summed E-state index contributed by atoms with van der Waals surface area (Å²) in [6, 6.07) is 16.7. The van der Waals surface area contributed by atoms with E-state index in [2.05, 4.69) is 65.6 Å². The van der Waals surface area contributed by atoms with Gasteiger partial charge >= 0.3 is 5.97 Å². The summed E-state index contributed by atoms with van der Waals surface area (Å²) < 4.78 is 17.9. The highest BCUT2D eigenvalue weighted by molar-refractivity contribution is 5.79. The van der Waals surface area contributed by atoms with Crippen LogP contribution in [0.4, 0.5) is 11.9 Å². The third-order valence-electron chi connectivity index (χ3n) is 8.48. The average molecular weight is 693 g/mol. The second-order valence-electron chi connectivity index (χ2n) is 12.8. The van der Waals surface area contributed by atoms with Crippen LogP contribution in [0, 0.1) is 0 Å². The molecule has 3 aromatic rings. The van der Waals surface area contributed by atoms with E-state index in [4.69, 9.17) is 15.2 Å². The minimum Gasteiger partial charge on any atom is -0.494 e. The van der Waals surface area contributed by atoms with Gasteiger partial charge in [0.2, 0.25) is 11.9 Å². The number of piperidine rings is 2. The lowest BCUT2D eigenvalue weighted by atomic mass is 10.1. The van der Waals surface area contributed by atoms with Gasteiger partial charge in [0, 0.05) is 40.2 Å². The molecule has 50 heavy (non-hydrogen) atoms. The molecule has 0 atom stereocenters. The highest BCUT2D eigenvalue weighted by atomic mass is 16.5. The zero-order valence-corrected chi connectivity index (χ0v) is 29.9. The van der Waals surface area contributed by atoms with Crippen LogP contribution in [0.5, 0.6) is 11.5 Å². The van der Waals surface area contributed by atoms with Crippen LogP contribution in [0.2, 0.25) is 0 Å². The monoisotopic (exact) mass is 692 g/mol. The highest BCUT2D eigenvalue weighted by Gasteiger charge is 2.12. The van der Waals surface area contributed by atoms with Gasteiger partial charge in [-0.1, -0.05) is 37.1 Å². The number of esters is 1. The first-order valence-electron chi connectivity index (χ1n) is 18.0. The summed E-state index contributed by atoms with van der Waals surface area (Å²) >= 11 is 0. The van der Waals surface area contributed by atoms with Crippen molar-refractivity contribution in [1.29, 1.82) is 0 Å². The van der Waals surface area contributed by atoms with E-state index in [9.17, 15) is 9.59 Å². The smallest absolute Gasteiger partial charge is 0.303 e. The number of benzene rings is 2. The van der Waals surface area contributed by atoms with E-state index < -0.39 is 5.97 Å². The van der Waals surface area contributed by atoms with Gasteiger partial charge in [-0.15, -0.1) is 5.10 Å². The van der Waals surface area contributed by atoms with Crippen molar-refractivity contribution in [2.24, 2.45) is 7.05 Å². The van der Waals surface area contributed by atoms with E-state index in [1.165, 1.54) is 82.8 Å². The van der Waals surface area contributed by atoms with E-state index in [0.29, 0.717) is 32.1 Å². The molecule has 2 aliphatic heterocycles. The van der Waals surface area contributed by atoms with Gasteiger partial charge in [0.1, 0.15) is 11.5 Å². The second-order valence-corrected chi connectivity index (χ2v) is 12.8. The third kappa shape index (κ3) is 15.0. The number of aromatic nitrogens is 3. The molecule has 274 valence electrons. The topological polar surface area (TPSA) is 149 Å². The standard InChI is InChI=1S/C19H28N2O4.C18H28N6O/c1-16(22)25-15-19(23)20-9-6-12-24-18-8-5-7-17(13-18)14-21-10-3-2-4-11-21;1-23-18(21-17(19)22-23)20-9-6-12-25-16-8-5-7-15(13-16)14-24-10-3-2-4-11-24/h5,7-8,13H,2-4,6,9-12,14-15H2,1H3,(H,20,23);5,7-8,13H,2-4,6,9-12,14H2,1H3,(H3,19,20,21,22). The zero-order valence-electron chi connectivity index (χ0n) is 29.9. The lowest BCUT2D eigenvalue weighted by Crippen LogP contribution is -2.30. The molecule has 0 bridgehead atoms. The molecule has 2 fully saturated rings. The number of nitrogens with two attached hydrogens (primary N) is 1. The van der Waals surface area contributed by atoms with Gasteiger partial charge in [-0.25, -0.2) is 4.68 Å². The summed E-state index contributed by atoms with van der Waals surface area (Å²) in [6.45, 7) is 10.3. The number of nitrogens with zero attached hydrogens (tertiary/aromatic N) is 5. The number of likely N-dealkylation sites (tertiary alicyclic amines) is 2. The number of carbonyl (C=O) groups is 2. The number of hydrogen-bond acceptors (Lipinski definition) is 11. The van der Waals surface area contributed by atoms with Gasteiger partial charge in [0.15, 0.2) is 6.61 Å². The van der Waals surface area contributed by atoms with Crippen molar-refractivity contribution in [2.45, 2.75) is 71.4 Å². The molecule has 13 heteroatoms. The van der Waals surface area contributed by atoms with Crippen LogP contribution in [-0.4, -0.2) is 95.5 Å². The first kappa shape index (κ1) is 38.4. The number of aryl methyl sites for hydroxylation is 1. The summed E-state index contributed by atoms with van der Waals surface area (Å²) in [7, 11) is 1.82. The highest BCUT2D eigenvalue weighted by Crippen LogP contribution is 2.19. The summed E-state index contributed by atoms with van der Waals surface area (Å²) in [5, 5.41) is 9.90. The summed E-state index contributed by atoms with van der Waals surface area (Å²) in [4.78, 5) is 31.1. The predicted molar refractivity (Wildman–Crippen MR) is 195 cm³/mol. The van der Waals surface area contributed by atoms with Gasteiger partial charge in [-0.2, -0.15) is 4.98 Å². The minimum absolute atomic E-state index is 0.227. The third-order valence-corrected chi connectivity index (χ3v) is 8.48. The van der Waals surface area contributed by atoms with Crippen molar-refractivity contribution in [2.75, 3.05) is 70.1 Å². The Labute approximate surface area is 296 Å². The van der Waals surface area contributed by atoms with E-state index in [1.54, 1.807) is 4.68 Å². The van der Waals surface area contributed by atoms with E-state index >= 15 is 0 Å². The van der Waals surface area contributed by atoms with Crippen LogP contribution in [-0.2, 0) is 34.5 Å². The normalized spacial score (nSPS) is 15.0. The Hall–Kier alpha value is -4.36. The largest absolute Gasteiger partial charge is 0.494 e. The number of nitrogens with one attached hydrogen (secondary N) is 2. The molecule has 3 heterocycles. The lowest BCUT2D eigenvalue weighted by Gasteiger charge is -2.26. The lowest BCUT2D eigenvalue weighted by molar-refractivity contribution is -0.146. The fraction of sp³-hybridized carbons (Fsp3) is 0.568. The van der Waals surface area contributed by atoms with Crippen LogP contribution in [0.1, 0.15) is 69.4 Å². The van der Waals surface area contributed by atoms with Crippen molar-refractivity contribution in [3.8, 4) is 11.5 Å². The fourth-order valence-electron chi connectivity index (χ4n) is 5.95. The molecule has 1 amide bonds. The molecule has 2 aliphatic rings. The molecule has 0 unspecified atom stereocenters. The number of carbonyl (C=O) groups excluding carboxylic acids is 2. The van der Waals surface area contributed by atoms with Crippen molar-refractivity contribution in [3.63, 3.8) is 0 Å². The van der Waals surface area contributed by atoms with E-state index in [0.717, 1.165) is 37.6 Å². The number of nitrogen functional groups attached to an aromatic ring is 1. The summed E-state index contributed by atoms with van der Waals surface area (Å²) in [6.07, 6.45) is 9.51. The van der Waals surface area contributed by atoms with Crippen LogP contribution in [0.3, 0.4) is 0 Å². The molecule has 0 saturated carbocycles. The van der Waals surface area contributed by atoms with Crippen molar-refractivity contribution in [3.05, 3.63) is 59.7 Å². The molecule has 4 N–H and O–H groups in total. The first-order chi connectivity index (χ1) is 24.3. The Morgan fingerprint density at radius 2 is 1.34 bits per heavy atom. The maximum atomic E-state index is 11.4. The Kier molecular flexibility index (Phi) is 16.7. The molecular weight excluding hydrogens is 636 g/mol. The molecule has 2 saturated heterocycles. The van der Waals surface area contributed by atoms with Gasteiger partial charge < -0.3 is 30.6 Å². The first-order valence-corrected chi connectivity index (χ1v) is 18.0. The number of amides is 1. The molecule has 0 radical (unpaired) electrons. The molecular formula is C37H56N8O5. The maximum absolute atomic E-state index is 11.4. The van der Waals surface area contributed by atoms with E-state index in [1.807, 2.05) is 25.2 Å². The van der Waals surface area contributed by atoms with Crippen LogP contribution in [0.15, 0.2) is 48.5 Å². The summed E-state index contributed by atoms with van der Waals surface area (Å²) in [5.74, 6) is 2.02. The zero-order chi connectivity index (χ0) is 35.4. The quantitative estimate of drug-likeness (QED) is 0.137. The van der Waals surface area contributed by atoms with Gasteiger partial charge in [0.05, 0.1) is 13.2 Å². The Morgan fingerprint density at radius 1 is 0.800 bits per heavy atom. The Balaban J connectivity index is 0.000000225. The SMILES string of the molecule is CC(=O)OCC(=O)NCCCOc1cccc(CN2CCCCC2)c1.Cn1nc(N)nc1NCCCOc1cccc(CN2CCCCC2)c1. The number of ether oxygens (including phenoxy) is 3. The van der Waals surface area contributed by atoms with Gasteiger partial charge in [0.25, 0.3) is 5.91 Å². The molecule has 5 rings (SSSR count). The summed E-state index contributed by atoms with van der Waals surface area (Å²) in [5.41, 5.74) is 8.15. The van der Waals surface area contributed by atoms with Crippen LogP contribution in [0.25, 0.3) is 0 Å². The van der Waals surface area contributed by atoms with Gasteiger partial charge in [-0.05, 0) is 100 Å². The molecule has 0 aliphatic carbocycles. The molecule has 0 spiro atoms. The molecule has 1 aromatic heterocycles. The average Bonchev–Trinajstić information content (AvgIpc) is 3.44. The molecule has 2 aromatic carbocycles. The van der Waals surface area contributed by atoms with Crippen LogP contribution >= 0.6 is 0 Å². The fourth-order valence-corrected chi connectivity index (χ4v) is 5.95. The van der Waals surface area contributed by atoms with Crippen molar-refractivity contribution in [1.82, 2.24) is 29.9 Å². The predicted octanol–water partition coefficient (Wildman–Crippen LogP) is 4.38. The number of rotatable bonds is 17. The second kappa shape index (κ2) is 21.7. The Bertz CT molecular complexity index is 1440.